The molecule has 6 nitrogen and oxygen atoms in total. The molecule has 0 bridgehead atoms. The molecular formula is C16H23N3O3. The number of amides is 2. The van der Waals surface area contributed by atoms with E-state index < -0.39 is 5.60 Å². The van der Waals surface area contributed by atoms with Gasteiger partial charge in [-0.1, -0.05) is 0 Å². The summed E-state index contributed by atoms with van der Waals surface area (Å²) in [5, 5.41) is 13.2. The fourth-order valence-electron chi connectivity index (χ4n) is 2.74. The van der Waals surface area contributed by atoms with Crippen LogP contribution in [0.3, 0.4) is 0 Å². The molecule has 0 spiro atoms. The van der Waals surface area contributed by atoms with Gasteiger partial charge in [0.15, 0.2) is 0 Å². The number of aromatic nitrogens is 1. The molecule has 1 fully saturated rings. The Kier molecular flexibility index (Phi) is 5.13. The molecule has 1 aromatic heterocycles. The number of aliphatic hydroxyl groups is 1. The van der Waals surface area contributed by atoms with Gasteiger partial charge in [-0.05, 0) is 38.3 Å². The van der Waals surface area contributed by atoms with Gasteiger partial charge in [0, 0.05) is 38.4 Å². The van der Waals surface area contributed by atoms with Crippen molar-refractivity contribution in [3.8, 4) is 0 Å². The summed E-state index contributed by atoms with van der Waals surface area (Å²) < 4.78 is 0. The lowest BCUT2D eigenvalue weighted by Crippen LogP contribution is -2.50. The molecule has 2 amide bonds. The van der Waals surface area contributed by atoms with Crippen LogP contribution in [0.5, 0.6) is 0 Å². The Labute approximate surface area is 130 Å². The van der Waals surface area contributed by atoms with Crippen LogP contribution in [0.25, 0.3) is 0 Å². The summed E-state index contributed by atoms with van der Waals surface area (Å²) in [6, 6.07) is 3.55. The van der Waals surface area contributed by atoms with Gasteiger partial charge in [0.25, 0.3) is 5.91 Å². The zero-order valence-corrected chi connectivity index (χ0v) is 13.1. The number of carbonyl (C=O) groups excluding carboxylic acids is 2. The van der Waals surface area contributed by atoms with Crippen LogP contribution in [0.4, 0.5) is 0 Å². The molecule has 2 rings (SSSR count). The topological polar surface area (TPSA) is 82.5 Å². The van der Waals surface area contributed by atoms with E-state index in [9.17, 15) is 14.7 Å². The largest absolute Gasteiger partial charge is 0.388 e. The Morgan fingerprint density at radius 3 is 2.86 bits per heavy atom. The zero-order valence-electron chi connectivity index (χ0n) is 13.1. The predicted octanol–water partition coefficient (Wildman–Crippen LogP) is 0.883. The average Bonchev–Trinajstić information content (AvgIpc) is 2.53. The number of hydrogen-bond acceptors (Lipinski definition) is 4. The lowest BCUT2D eigenvalue weighted by Gasteiger charge is -2.39. The van der Waals surface area contributed by atoms with E-state index in [-0.39, 0.29) is 24.8 Å². The number of nitrogens with zero attached hydrogens (tertiary/aromatic N) is 2. The number of nitrogens with one attached hydrogen (secondary N) is 1. The van der Waals surface area contributed by atoms with Crippen molar-refractivity contribution in [2.75, 3.05) is 20.1 Å². The first-order valence-electron chi connectivity index (χ1n) is 7.58. The molecule has 0 aliphatic carbocycles. The predicted molar refractivity (Wildman–Crippen MR) is 82.4 cm³/mol. The second-order valence-electron chi connectivity index (χ2n) is 5.92. The van der Waals surface area contributed by atoms with Gasteiger partial charge < -0.3 is 15.3 Å². The SMILES string of the molecule is CNC(=O)CCC1(O)CCCN(C(=O)c2ccc(C)nc2)C1. The molecule has 6 heteroatoms. The normalized spacial score (nSPS) is 21.5. The van der Waals surface area contributed by atoms with Crippen molar-refractivity contribution in [3.05, 3.63) is 29.6 Å². The third-order valence-electron chi connectivity index (χ3n) is 4.10. The summed E-state index contributed by atoms with van der Waals surface area (Å²) in [5.74, 6) is -0.217. The van der Waals surface area contributed by atoms with Gasteiger partial charge in [-0.25, -0.2) is 0 Å². The number of hydrogen-bond donors (Lipinski definition) is 2. The third-order valence-corrected chi connectivity index (χ3v) is 4.10. The maximum Gasteiger partial charge on any atom is 0.255 e. The Bertz CT molecular complexity index is 544. The molecule has 1 aliphatic rings. The van der Waals surface area contributed by atoms with Crippen LogP contribution in [-0.4, -0.2) is 52.5 Å². The van der Waals surface area contributed by atoms with Crippen molar-refractivity contribution in [2.24, 2.45) is 0 Å². The van der Waals surface area contributed by atoms with Gasteiger partial charge in [0.2, 0.25) is 5.91 Å². The molecule has 120 valence electrons. The molecule has 1 aliphatic heterocycles. The summed E-state index contributed by atoms with van der Waals surface area (Å²) in [7, 11) is 1.58. The number of rotatable bonds is 4. The number of aryl methyl sites for hydroxylation is 1. The number of pyridine rings is 1. The average molecular weight is 305 g/mol. The molecule has 2 heterocycles. The van der Waals surface area contributed by atoms with E-state index in [4.69, 9.17) is 0 Å². The fourth-order valence-corrected chi connectivity index (χ4v) is 2.74. The number of carbonyl (C=O) groups is 2. The molecule has 0 radical (unpaired) electrons. The number of piperidine rings is 1. The standard InChI is InChI=1S/C16H23N3O3/c1-12-4-5-13(10-18-12)15(21)19-9-3-7-16(22,11-19)8-6-14(20)17-2/h4-5,10,22H,3,6-9,11H2,1-2H3,(H,17,20). The Hall–Kier alpha value is -1.95. The molecule has 0 saturated carbocycles. The van der Waals surface area contributed by atoms with Crippen molar-refractivity contribution in [1.29, 1.82) is 0 Å². The first-order chi connectivity index (χ1) is 10.4. The van der Waals surface area contributed by atoms with E-state index in [1.807, 2.05) is 6.92 Å². The maximum atomic E-state index is 12.5. The lowest BCUT2D eigenvalue weighted by molar-refractivity contribution is -0.122. The van der Waals surface area contributed by atoms with Gasteiger partial charge in [-0.3, -0.25) is 14.6 Å². The fraction of sp³-hybridized carbons (Fsp3) is 0.562. The third kappa shape index (κ3) is 4.04. The van der Waals surface area contributed by atoms with E-state index in [2.05, 4.69) is 10.3 Å². The molecule has 22 heavy (non-hydrogen) atoms. The van der Waals surface area contributed by atoms with E-state index in [0.29, 0.717) is 24.9 Å². The van der Waals surface area contributed by atoms with Crippen LogP contribution in [0.15, 0.2) is 18.3 Å². The van der Waals surface area contributed by atoms with Gasteiger partial charge in [0.1, 0.15) is 0 Å². The van der Waals surface area contributed by atoms with Crippen LogP contribution in [0.1, 0.15) is 41.7 Å². The van der Waals surface area contributed by atoms with Crippen LogP contribution in [-0.2, 0) is 4.79 Å². The zero-order chi connectivity index (χ0) is 16.2. The molecule has 1 saturated heterocycles. The summed E-state index contributed by atoms with van der Waals surface area (Å²) in [4.78, 5) is 29.6. The lowest BCUT2D eigenvalue weighted by atomic mass is 9.88. The van der Waals surface area contributed by atoms with E-state index in [0.717, 1.165) is 12.1 Å². The highest BCUT2D eigenvalue weighted by molar-refractivity contribution is 5.94. The highest BCUT2D eigenvalue weighted by atomic mass is 16.3. The monoisotopic (exact) mass is 305 g/mol. The Balaban J connectivity index is 2.01. The molecule has 1 unspecified atom stereocenters. The van der Waals surface area contributed by atoms with Crippen LogP contribution in [0.2, 0.25) is 0 Å². The van der Waals surface area contributed by atoms with Crippen molar-refractivity contribution < 1.29 is 14.7 Å². The van der Waals surface area contributed by atoms with Crippen LogP contribution in [0, 0.1) is 6.92 Å². The Morgan fingerprint density at radius 1 is 1.45 bits per heavy atom. The highest BCUT2D eigenvalue weighted by Gasteiger charge is 2.35. The molecule has 2 N–H and O–H groups in total. The molecule has 1 atom stereocenters. The minimum atomic E-state index is -0.988. The van der Waals surface area contributed by atoms with Gasteiger partial charge >= 0.3 is 0 Å². The number of likely N-dealkylation sites (tertiary alicyclic amines) is 1. The second-order valence-corrected chi connectivity index (χ2v) is 5.92. The smallest absolute Gasteiger partial charge is 0.255 e. The van der Waals surface area contributed by atoms with E-state index >= 15 is 0 Å². The maximum absolute atomic E-state index is 12.5. The van der Waals surface area contributed by atoms with E-state index in [1.54, 1.807) is 30.3 Å². The van der Waals surface area contributed by atoms with Crippen LogP contribution < -0.4 is 5.32 Å². The Morgan fingerprint density at radius 2 is 2.23 bits per heavy atom. The van der Waals surface area contributed by atoms with Crippen molar-refractivity contribution in [1.82, 2.24) is 15.2 Å². The molecular weight excluding hydrogens is 282 g/mol. The first kappa shape index (κ1) is 16.4. The summed E-state index contributed by atoms with van der Waals surface area (Å²) in [6.07, 6.45) is 3.54. The molecule has 1 aromatic rings. The quantitative estimate of drug-likeness (QED) is 0.865. The molecule has 0 aromatic carbocycles. The highest BCUT2D eigenvalue weighted by Crippen LogP contribution is 2.26. The number of β-amino-alcohol motifs (C(OH)–C–C–N with tert-alkyl or cyclic N) is 1. The minimum Gasteiger partial charge on any atom is -0.388 e. The van der Waals surface area contributed by atoms with Gasteiger partial charge in [-0.15, -0.1) is 0 Å². The van der Waals surface area contributed by atoms with Crippen LogP contribution >= 0.6 is 0 Å². The van der Waals surface area contributed by atoms with E-state index in [1.165, 1.54) is 0 Å². The summed E-state index contributed by atoms with van der Waals surface area (Å²) >= 11 is 0. The van der Waals surface area contributed by atoms with Crippen molar-refractivity contribution in [3.63, 3.8) is 0 Å². The van der Waals surface area contributed by atoms with Gasteiger partial charge in [-0.2, -0.15) is 0 Å². The minimum absolute atomic E-state index is 0.0976. The summed E-state index contributed by atoms with van der Waals surface area (Å²) in [5.41, 5.74) is 0.400. The van der Waals surface area contributed by atoms with Crippen molar-refractivity contribution in [2.45, 2.75) is 38.2 Å². The van der Waals surface area contributed by atoms with Crippen molar-refractivity contribution >= 4 is 11.8 Å². The second kappa shape index (κ2) is 6.87. The summed E-state index contributed by atoms with van der Waals surface area (Å²) in [6.45, 7) is 2.75. The van der Waals surface area contributed by atoms with Gasteiger partial charge in [0.05, 0.1) is 11.2 Å². The first-order valence-corrected chi connectivity index (χ1v) is 7.58.